The molecule has 2 atom stereocenters. The molecular weight excluding hydrogens is 290 g/mol. The van der Waals surface area contributed by atoms with Crippen LogP contribution in [0, 0.1) is 5.92 Å². The van der Waals surface area contributed by atoms with Crippen molar-refractivity contribution in [2.45, 2.75) is 69.9 Å². The van der Waals surface area contributed by atoms with Gasteiger partial charge in [0.1, 0.15) is 5.76 Å². The fourth-order valence-corrected chi connectivity index (χ4v) is 4.14. The highest BCUT2D eigenvalue weighted by molar-refractivity contribution is 5.92. The Bertz CT molecular complexity index is 560. The molecule has 1 N–H and O–H groups in total. The predicted molar refractivity (Wildman–Crippen MR) is 87.3 cm³/mol. The van der Waals surface area contributed by atoms with Crippen molar-refractivity contribution in [3.63, 3.8) is 0 Å². The van der Waals surface area contributed by atoms with Gasteiger partial charge in [0.2, 0.25) is 0 Å². The van der Waals surface area contributed by atoms with E-state index in [0.29, 0.717) is 17.5 Å². The van der Waals surface area contributed by atoms with E-state index < -0.39 is 0 Å². The summed E-state index contributed by atoms with van der Waals surface area (Å²) < 4.78 is 5.30. The molecule has 3 aliphatic rings. The molecule has 3 fully saturated rings. The summed E-state index contributed by atoms with van der Waals surface area (Å²) in [6.07, 6.45) is 9.06. The predicted octanol–water partition coefficient (Wildman–Crippen LogP) is 2.93. The van der Waals surface area contributed by atoms with Gasteiger partial charge in [0.25, 0.3) is 5.91 Å². The zero-order chi connectivity index (χ0) is 15.8. The Kier molecular flexibility index (Phi) is 4.14. The summed E-state index contributed by atoms with van der Waals surface area (Å²) in [4.78, 5) is 15.0. The smallest absolute Gasteiger partial charge is 0.273 e. The third-order valence-electron chi connectivity index (χ3n) is 5.79. The maximum atomic E-state index is 12.4. The third-order valence-corrected chi connectivity index (χ3v) is 5.79. The summed E-state index contributed by atoms with van der Waals surface area (Å²) >= 11 is 0. The molecule has 0 bridgehead atoms. The van der Waals surface area contributed by atoms with Crippen LogP contribution in [0.3, 0.4) is 0 Å². The van der Waals surface area contributed by atoms with Crippen molar-refractivity contribution < 1.29 is 9.32 Å². The lowest BCUT2D eigenvalue weighted by Gasteiger charge is -2.31. The van der Waals surface area contributed by atoms with E-state index in [1.807, 2.05) is 6.07 Å². The van der Waals surface area contributed by atoms with Crippen molar-refractivity contribution in [2.75, 3.05) is 13.1 Å². The number of carbonyl (C=O) groups is 1. The fraction of sp³-hybridized carbons (Fsp3) is 0.778. The van der Waals surface area contributed by atoms with Crippen LogP contribution >= 0.6 is 0 Å². The molecule has 4 rings (SSSR count). The fourth-order valence-electron chi connectivity index (χ4n) is 4.14. The van der Waals surface area contributed by atoms with Gasteiger partial charge in [-0.05, 0) is 31.6 Å². The minimum atomic E-state index is -0.0806. The number of carbonyl (C=O) groups excluding carboxylic acids is 1. The van der Waals surface area contributed by atoms with Crippen LogP contribution in [0.4, 0.5) is 0 Å². The Morgan fingerprint density at radius 1 is 1.22 bits per heavy atom. The van der Waals surface area contributed by atoms with Gasteiger partial charge < -0.3 is 9.84 Å². The Balaban J connectivity index is 1.34. The van der Waals surface area contributed by atoms with Gasteiger partial charge >= 0.3 is 0 Å². The van der Waals surface area contributed by atoms with Gasteiger partial charge in [0.05, 0.1) is 0 Å². The maximum absolute atomic E-state index is 12.4. The van der Waals surface area contributed by atoms with Crippen LogP contribution in [0.1, 0.15) is 74.0 Å². The summed E-state index contributed by atoms with van der Waals surface area (Å²) in [5, 5.41) is 7.14. The van der Waals surface area contributed by atoms with Crippen LogP contribution in [-0.2, 0) is 0 Å². The minimum Gasteiger partial charge on any atom is -0.360 e. The van der Waals surface area contributed by atoms with Crippen molar-refractivity contribution in [3.8, 4) is 0 Å². The van der Waals surface area contributed by atoms with Crippen molar-refractivity contribution in [3.05, 3.63) is 17.5 Å². The monoisotopic (exact) mass is 317 g/mol. The highest BCUT2D eigenvalue weighted by Crippen LogP contribution is 2.40. The zero-order valence-electron chi connectivity index (χ0n) is 14.0. The Hall–Kier alpha value is -1.36. The van der Waals surface area contributed by atoms with Crippen molar-refractivity contribution >= 4 is 5.91 Å². The number of nitrogens with zero attached hydrogens (tertiary/aromatic N) is 2. The van der Waals surface area contributed by atoms with Gasteiger partial charge in [-0.1, -0.05) is 31.3 Å². The minimum absolute atomic E-state index is 0.0806. The molecular formula is C18H27N3O2. The molecule has 23 heavy (non-hydrogen) atoms. The molecule has 0 radical (unpaired) electrons. The Labute approximate surface area is 137 Å². The van der Waals surface area contributed by atoms with Crippen molar-refractivity contribution in [1.29, 1.82) is 0 Å². The molecule has 1 saturated heterocycles. The van der Waals surface area contributed by atoms with E-state index in [9.17, 15) is 4.79 Å². The van der Waals surface area contributed by atoms with Crippen LogP contribution < -0.4 is 5.32 Å². The topological polar surface area (TPSA) is 58.4 Å². The van der Waals surface area contributed by atoms with Gasteiger partial charge in [0, 0.05) is 37.2 Å². The molecule has 1 aromatic rings. The Morgan fingerprint density at radius 3 is 2.74 bits per heavy atom. The van der Waals surface area contributed by atoms with Crippen molar-refractivity contribution in [2.24, 2.45) is 5.92 Å². The highest BCUT2D eigenvalue weighted by atomic mass is 16.5. The van der Waals surface area contributed by atoms with E-state index >= 15 is 0 Å². The lowest BCUT2D eigenvalue weighted by atomic mass is 9.94. The number of hydrogen-bond donors (Lipinski definition) is 1. The molecule has 0 aromatic carbocycles. The SMILES string of the molecule is C[C@@H]1CN(C2CCCCC2)C[C@@H]1NC(=O)c1cc(C2CC2)on1. The van der Waals surface area contributed by atoms with Crippen molar-refractivity contribution in [1.82, 2.24) is 15.4 Å². The van der Waals surface area contributed by atoms with E-state index in [0.717, 1.165) is 37.7 Å². The average molecular weight is 317 g/mol. The number of rotatable bonds is 4. The van der Waals surface area contributed by atoms with Crippen LogP contribution in [0.25, 0.3) is 0 Å². The van der Waals surface area contributed by atoms with Crippen LogP contribution in [0.5, 0.6) is 0 Å². The molecule has 1 aromatic heterocycles. The highest BCUT2D eigenvalue weighted by Gasteiger charge is 2.35. The number of nitrogens with one attached hydrogen (secondary N) is 1. The van der Waals surface area contributed by atoms with Gasteiger partial charge in [-0.15, -0.1) is 0 Å². The Morgan fingerprint density at radius 2 is 2.00 bits per heavy atom. The lowest BCUT2D eigenvalue weighted by molar-refractivity contribution is 0.0920. The second-order valence-corrected chi connectivity index (χ2v) is 7.69. The molecule has 1 amide bonds. The van der Waals surface area contributed by atoms with E-state index in [1.165, 1.54) is 32.1 Å². The quantitative estimate of drug-likeness (QED) is 0.927. The van der Waals surface area contributed by atoms with Gasteiger partial charge in [-0.3, -0.25) is 9.69 Å². The second-order valence-electron chi connectivity index (χ2n) is 7.69. The molecule has 1 aliphatic heterocycles. The second kappa shape index (κ2) is 6.27. The maximum Gasteiger partial charge on any atom is 0.273 e. The van der Waals surface area contributed by atoms with E-state index in [4.69, 9.17) is 4.52 Å². The average Bonchev–Trinajstić information content (AvgIpc) is 3.18. The van der Waals surface area contributed by atoms with Crippen LogP contribution in [0.15, 0.2) is 10.6 Å². The largest absolute Gasteiger partial charge is 0.360 e. The number of hydrogen-bond acceptors (Lipinski definition) is 4. The van der Waals surface area contributed by atoms with Gasteiger partial charge in [0.15, 0.2) is 5.69 Å². The molecule has 5 heteroatoms. The molecule has 2 heterocycles. The summed E-state index contributed by atoms with van der Waals surface area (Å²) in [6, 6.07) is 2.78. The number of aromatic nitrogens is 1. The van der Waals surface area contributed by atoms with E-state index in [1.54, 1.807) is 0 Å². The summed E-state index contributed by atoms with van der Waals surface area (Å²) in [7, 11) is 0. The molecule has 5 nitrogen and oxygen atoms in total. The number of amides is 1. The van der Waals surface area contributed by atoms with E-state index in [2.05, 4.69) is 22.3 Å². The third kappa shape index (κ3) is 3.30. The van der Waals surface area contributed by atoms with Gasteiger partial charge in [-0.25, -0.2) is 0 Å². The van der Waals surface area contributed by atoms with Crippen LogP contribution in [0.2, 0.25) is 0 Å². The van der Waals surface area contributed by atoms with E-state index in [-0.39, 0.29) is 11.9 Å². The molecule has 126 valence electrons. The molecule has 0 spiro atoms. The molecule has 2 saturated carbocycles. The first kappa shape index (κ1) is 15.2. The lowest BCUT2D eigenvalue weighted by Crippen LogP contribution is -2.41. The molecule has 2 aliphatic carbocycles. The first-order valence-electron chi connectivity index (χ1n) is 9.22. The molecule has 0 unspecified atom stereocenters. The summed E-state index contributed by atoms with van der Waals surface area (Å²) in [5.41, 5.74) is 0.440. The first-order chi connectivity index (χ1) is 11.2. The summed E-state index contributed by atoms with van der Waals surface area (Å²) in [6.45, 7) is 4.32. The number of likely N-dealkylation sites (tertiary alicyclic amines) is 1. The summed E-state index contributed by atoms with van der Waals surface area (Å²) in [5.74, 6) is 1.79. The normalized spacial score (nSPS) is 29.8. The standard InChI is InChI=1S/C18H27N3O2/c1-12-10-21(14-5-3-2-4-6-14)11-16(12)19-18(22)15-9-17(23-20-15)13-7-8-13/h9,12-14,16H,2-8,10-11H2,1H3,(H,19,22)/t12-,16+/m1/s1. The van der Waals surface area contributed by atoms with Crippen LogP contribution in [-0.4, -0.2) is 41.1 Å². The van der Waals surface area contributed by atoms with Gasteiger partial charge in [-0.2, -0.15) is 0 Å². The zero-order valence-corrected chi connectivity index (χ0v) is 14.0. The first-order valence-corrected chi connectivity index (χ1v) is 9.22.